The molecular formula is C11H10N2O4. The molecule has 0 radical (unpaired) electrons. The molecule has 6 nitrogen and oxygen atoms in total. The first-order chi connectivity index (χ1) is 8.22. The maximum absolute atomic E-state index is 10.9. The van der Waals surface area contributed by atoms with Gasteiger partial charge in [-0.2, -0.15) is 5.26 Å². The molecule has 1 heterocycles. The van der Waals surface area contributed by atoms with Crippen LogP contribution in [-0.4, -0.2) is 18.1 Å². The standard InChI is InChI=1S/C11H10N2O4/c12-4-3-8-1-2-9(10(7-8)13(14)15)11-16-5-6-17-11/h1-2,7,11H,3,5-6H2. The van der Waals surface area contributed by atoms with Crippen molar-refractivity contribution in [3.8, 4) is 6.07 Å². The smallest absolute Gasteiger partial charge is 0.278 e. The third kappa shape index (κ3) is 2.41. The number of nitriles is 1. The van der Waals surface area contributed by atoms with Gasteiger partial charge in [-0.15, -0.1) is 0 Å². The van der Waals surface area contributed by atoms with Crippen molar-refractivity contribution in [3.05, 3.63) is 39.4 Å². The molecule has 1 aromatic carbocycles. The SMILES string of the molecule is N#CCc1ccc(C2OCCO2)c([N+](=O)[O-])c1. The van der Waals surface area contributed by atoms with E-state index in [1.54, 1.807) is 12.1 Å². The molecule has 1 aromatic rings. The Bertz CT molecular complexity index is 475. The molecule has 6 heteroatoms. The molecule has 0 spiro atoms. The van der Waals surface area contributed by atoms with Gasteiger partial charge in [0.1, 0.15) is 0 Å². The summed E-state index contributed by atoms with van der Waals surface area (Å²) in [5.41, 5.74) is 0.944. The fourth-order valence-electron chi connectivity index (χ4n) is 1.69. The zero-order valence-electron chi connectivity index (χ0n) is 8.96. The van der Waals surface area contributed by atoms with Crippen LogP contribution in [0.3, 0.4) is 0 Å². The van der Waals surface area contributed by atoms with Gasteiger partial charge in [-0.05, 0) is 11.6 Å². The van der Waals surface area contributed by atoms with Gasteiger partial charge >= 0.3 is 0 Å². The first-order valence-electron chi connectivity index (χ1n) is 5.09. The fraction of sp³-hybridized carbons (Fsp3) is 0.364. The van der Waals surface area contributed by atoms with Gasteiger partial charge in [0, 0.05) is 6.07 Å². The van der Waals surface area contributed by atoms with Crippen LogP contribution in [0.2, 0.25) is 0 Å². The van der Waals surface area contributed by atoms with Crippen molar-refractivity contribution in [3.63, 3.8) is 0 Å². The highest BCUT2D eigenvalue weighted by Gasteiger charge is 2.26. The van der Waals surface area contributed by atoms with Gasteiger partial charge in [0.2, 0.25) is 0 Å². The van der Waals surface area contributed by atoms with E-state index in [-0.39, 0.29) is 12.1 Å². The summed E-state index contributed by atoms with van der Waals surface area (Å²) >= 11 is 0. The maximum Gasteiger partial charge on any atom is 0.278 e. The maximum atomic E-state index is 10.9. The van der Waals surface area contributed by atoms with Crippen LogP contribution in [-0.2, 0) is 15.9 Å². The van der Waals surface area contributed by atoms with E-state index < -0.39 is 11.2 Å². The lowest BCUT2D eigenvalue weighted by atomic mass is 10.1. The lowest BCUT2D eigenvalue weighted by Crippen LogP contribution is -2.04. The summed E-state index contributed by atoms with van der Waals surface area (Å²) in [5.74, 6) is 0. The number of nitro benzene ring substituents is 1. The molecule has 0 amide bonds. The van der Waals surface area contributed by atoms with Crippen LogP contribution < -0.4 is 0 Å². The van der Waals surface area contributed by atoms with E-state index >= 15 is 0 Å². The van der Waals surface area contributed by atoms with Crippen LogP contribution >= 0.6 is 0 Å². The van der Waals surface area contributed by atoms with Crippen LogP contribution in [0, 0.1) is 21.4 Å². The number of nitrogens with zero attached hydrogens (tertiary/aromatic N) is 2. The molecule has 1 aliphatic rings. The van der Waals surface area contributed by atoms with Crippen molar-refractivity contribution in [2.75, 3.05) is 13.2 Å². The fourth-order valence-corrected chi connectivity index (χ4v) is 1.69. The van der Waals surface area contributed by atoms with Crippen molar-refractivity contribution in [2.45, 2.75) is 12.7 Å². The highest BCUT2D eigenvalue weighted by molar-refractivity contribution is 5.45. The van der Waals surface area contributed by atoms with Gasteiger partial charge in [-0.3, -0.25) is 10.1 Å². The second kappa shape index (κ2) is 4.91. The number of hydrogen-bond donors (Lipinski definition) is 0. The highest BCUT2D eigenvalue weighted by atomic mass is 16.7. The van der Waals surface area contributed by atoms with E-state index in [0.717, 1.165) is 0 Å². The molecule has 0 aliphatic carbocycles. The van der Waals surface area contributed by atoms with Crippen LogP contribution in [0.1, 0.15) is 17.4 Å². The molecule has 17 heavy (non-hydrogen) atoms. The number of hydrogen-bond acceptors (Lipinski definition) is 5. The van der Waals surface area contributed by atoms with Crippen molar-refractivity contribution >= 4 is 5.69 Å². The molecule has 1 fully saturated rings. The van der Waals surface area contributed by atoms with E-state index in [0.29, 0.717) is 24.3 Å². The zero-order chi connectivity index (χ0) is 12.3. The molecule has 88 valence electrons. The summed E-state index contributed by atoms with van der Waals surface area (Å²) in [5, 5.41) is 19.5. The first-order valence-corrected chi connectivity index (χ1v) is 5.09. The number of ether oxygens (including phenoxy) is 2. The Morgan fingerprint density at radius 3 is 2.76 bits per heavy atom. The van der Waals surface area contributed by atoms with Crippen LogP contribution in [0.25, 0.3) is 0 Å². The molecule has 0 unspecified atom stereocenters. The molecule has 0 N–H and O–H groups in total. The summed E-state index contributed by atoms with van der Waals surface area (Å²) < 4.78 is 10.5. The van der Waals surface area contributed by atoms with E-state index in [1.807, 2.05) is 6.07 Å². The summed E-state index contributed by atoms with van der Waals surface area (Å²) in [6, 6.07) is 6.61. The highest BCUT2D eigenvalue weighted by Crippen LogP contribution is 2.31. The Labute approximate surface area is 97.5 Å². The van der Waals surface area contributed by atoms with E-state index in [4.69, 9.17) is 14.7 Å². The van der Waals surface area contributed by atoms with E-state index in [9.17, 15) is 10.1 Å². The van der Waals surface area contributed by atoms with Gasteiger partial charge in [0.15, 0.2) is 6.29 Å². The van der Waals surface area contributed by atoms with Crippen molar-refractivity contribution in [1.29, 1.82) is 5.26 Å². The van der Waals surface area contributed by atoms with Crippen molar-refractivity contribution in [1.82, 2.24) is 0 Å². The Hall–Kier alpha value is -1.97. The average Bonchev–Trinajstić information content (AvgIpc) is 2.82. The Morgan fingerprint density at radius 2 is 2.18 bits per heavy atom. The Balaban J connectivity index is 2.37. The predicted molar refractivity (Wildman–Crippen MR) is 57.1 cm³/mol. The quantitative estimate of drug-likeness (QED) is 0.587. The summed E-state index contributed by atoms with van der Waals surface area (Å²) in [6.07, 6.45) is -0.528. The number of benzene rings is 1. The van der Waals surface area contributed by atoms with Crippen molar-refractivity contribution in [2.24, 2.45) is 0 Å². The van der Waals surface area contributed by atoms with E-state index in [2.05, 4.69) is 0 Å². The molecule has 0 aromatic heterocycles. The summed E-state index contributed by atoms with van der Waals surface area (Å²) in [6.45, 7) is 0.865. The molecule has 1 saturated heterocycles. The third-order valence-corrected chi connectivity index (χ3v) is 2.45. The number of rotatable bonds is 3. The van der Waals surface area contributed by atoms with Crippen molar-refractivity contribution < 1.29 is 14.4 Å². The topological polar surface area (TPSA) is 85.4 Å². The van der Waals surface area contributed by atoms with Gasteiger partial charge in [0.05, 0.1) is 36.2 Å². The minimum absolute atomic E-state index is 0.0651. The molecular weight excluding hydrogens is 224 g/mol. The van der Waals surface area contributed by atoms with Crippen LogP contribution in [0.15, 0.2) is 18.2 Å². The first kappa shape index (κ1) is 11.5. The minimum Gasteiger partial charge on any atom is -0.346 e. The lowest BCUT2D eigenvalue weighted by molar-refractivity contribution is -0.386. The Kier molecular flexibility index (Phi) is 3.32. The summed E-state index contributed by atoms with van der Waals surface area (Å²) in [7, 11) is 0. The molecule has 1 aliphatic heterocycles. The van der Waals surface area contributed by atoms with Gasteiger partial charge in [-0.25, -0.2) is 0 Å². The second-order valence-electron chi connectivity index (χ2n) is 3.56. The zero-order valence-corrected chi connectivity index (χ0v) is 8.96. The third-order valence-electron chi connectivity index (χ3n) is 2.45. The monoisotopic (exact) mass is 234 g/mol. The molecule has 0 bridgehead atoms. The normalized spacial score (nSPS) is 15.7. The average molecular weight is 234 g/mol. The molecule has 0 saturated carbocycles. The summed E-state index contributed by atoms with van der Waals surface area (Å²) in [4.78, 5) is 10.5. The Morgan fingerprint density at radius 1 is 1.47 bits per heavy atom. The van der Waals surface area contributed by atoms with E-state index in [1.165, 1.54) is 6.07 Å². The largest absolute Gasteiger partial charge is 0.346 e. The number of nitro groups is 1. The molecule has 0 atom stereocenters. The minimum atomic E-state index is -0.675. The predicted octanol–water partition coefficient (Wildman–Crippen LogP) is 1.71. The van der Waals surface area contributed by atoms with Gasteiger partial charge in [0.25, 0.3) is 5.69 Å². The van der Waals surface area contributed by atoms with Gasteiger partial charge < -0.3 is 9.47 Å². The van der Waals surface area contributed by atoms with Crippen LogP contribution in [0.4, 0.5) is 5.69 Å². The van der Waals surface area contributed by atoms with Gasteiger partial charge in [-0.1, -0.05) is 6.07 Å². The second-order valence-corrected chi connectivity index (χ2v) is 3.56. The molecule has 2 rings (SSSR count). The lowest BCUT2D eigenvalue weighted by Gasteiger charge is -2.10. The van der Waals surface area contributed by atoms with Crippen LogP contribution in [0.5, 0.6) is 0 Å².